The van der Waals surface area contributed by atoms with Crippen molar-refractivity contribution in [2.45, 2.75) is 30.6 Å². The third kappa shape index (κ3) is 3.59. The molecule has 2 unspecified atom stereocenters. The van der Waals surface area contributed by atoms with E-state index in [2.05, 4.69) is 5.32 Å². The Morgan fingerprint density at radius 2 is 1.92 bits per heavy atom. The number of hydrogen-bond donors (Lipinski definition) is 5. The van der Waals surface area contributed by atoms with E-state index in [0.29, 0.717) is 23.1 Å². The maximum Gasteiger partial charge on any atom is 0.276 e. The van der Waals surface area contributed by atoms with Crippen LogP contribution in [-0.2, 0) is 10.1 Å². The van der Waals surface area contributed by atoms with Crippen molar-refractivity contribution in [3.63, 3.8) is 0 Å². The van der Waals surface area contributed by atoms with Crippen molar-refractivity contribution in [3.05, 3.63) is 46.3 Å². The highest BCUT2D eigenvalue weighted by Crippen LogP contribution is 2.41. The van der Waals surface area contributed by atoms with Crippen LogP contribution in [-0.4, -0.2) is 39.6 Å². The highest BCUT2D eigenvalue weighted by molar-refractivity contribution is 7.87. The molecule has 1 aromatic rings. The monoisotopic (exact) mass is 399 g/mol. The van der Waals surface area contributed by atoms with E-state index in [1.165, 1.54) is 24.5 Å². The summed E-state index contributed by atoms with van der Waals surface area (Å²) in [5, 5.41) is 30.8. The van der Waals surface area contributed by atoms with Gasteiger partial charge in [0.2, 0.25) is 0 Å². The molecule has 0 saturated heterocycles. The van der Waals surface area contributed by atoms with Crippen LogP contribution >= 0.6 is 11.6 Å². The van der Waals surface area contributed by atoms with E-state index in [0.717, 1.165) is 0 Å². The molecule has 2 atom stereocenters. The Labute approximate surface area is 155 Å². The highest BCUT2D eigenvalue weighted by atomic mass is 35.5. The molecule has 0 amide bonds. The van der Waals surface area contributed by atoms with Crippen LogP contribution in [0.3, 0.4) is 0 Å². The summed E-state index contributed by atoms with van der Waals surface area (Å²) in [6.07, 6.45) is 4.50. The highest BCUT2D eigenvalue weighted by Gasteiger charge is 2.37. The van der Waals surface area contributed by atoms with Crippen molar-refractivity contribution in [2.24, 2.45) is 0 Å². The van der Waals surface area contributed by atoms with Crippen molar-refractivity contribution in [1.82, 2.24) is 5.32 Å². The fourth-order valence-electron chi connectivity index (χ4n) is 3.25. The number of phenols is 2. The van der Waals surface area contributed by atoms with Gasteiger partial charge in [-0.25, -0.2) is 0 Å². The molecule has 2 aliphatic rings. The average molecular weight is 400 g/mol. The minimum Gasteiger partial charge on any atom is -0.504 e. The summed E-state index contributed by atoms with van der Waals surface area (Å²) in [5.41, 5.74) is 1.25. The first kappa shape index (κ1) is 18.8. The Balaban J connectivity index is 2.21. The van der Waals surface area contributed by atoms with Crippen LogP contribution in [0.2, 0.25) is 0 Å². The smallest absolute Gasteiger partial charge is 0.276 e. The first-order valence-electron chi connectivity index (χ1n) is 7.89. The van der Waals surface area contributed by atoms with Crippen LogP contribution in [0.1, 0.15) is 30.4 Å². The molecule has 140 valence electrons. The molecule has 9 heteroatoms. The zero-order chi connectivity index (χ0) is 19.1. The molecule has 0 fully saturated rings. The van der Waals surface area contributed by atoms with Crippen molar-refractivity contribution < 1.29 is 28.3 Å². The molecule has 5 N–H and O–H groups in total. The van der Waals surface area contributed by atoms with Crippen molar-refractivity contribution in [3.8, 4) is 11.5 Å². The van der Waals surface area contributed by atoms with Crippen LogP contribution in [0.25, 0.3) is 11.6 Å². The normalized spacial score (nSPS) is 21.5. The van der Waals surface area contributed by atoms with E-state index in [-0.39, 0.29) is 29.2 Å². The number of aliphatic hydroxyl groups is 1. The van der Waals surface area contributed by atoms with Crippen molar-refractivity contribution in [1.29, 1.82) is 0 Å². The second kappa shape index (κ2) is 6.96. The van der Waals surface area contributed by atoms with Crippen LogP contribution in [0, 0.1) is 0 Å². The summed E-state index contributed by atoms with van der Waals surface area (Å²) in [6.45, 7) is 0. The van der Waals surface area contributed by atoms with Crippen LogP contribution in [0.4, 0.5) is 0 Å². The van der Waals surface area contributed by atoms with E-state index in [1.807, 2.05) is 0 Å². The minimum absolute atomic E-state index is 0.107. The lowest BCUT2D eigenvalue weighted by molar-refractivity contribution is 0.160. The lowest BCUT2D eigenvalue weighted by atomic mass is 9.88. The number of benzene rings is 1. The largest absolute Gasteiger partial charge is 0.504 e. The fourth-order valence-corrected chi connectivity index (χ4v) is 4.83. The quantitative estimate of drug-likeness (QED) is 0.390. The molecule has 0 saturated carbocycles. The third-order valence-corrected chi connectivity index (χ3v) is 5.99. The van der Waals surface area contributed by atoms with Gasteiger partial charge in [0.05, 0.1) is 6.10 Å². The zero-order valence-electron chi connectivity index (χ0n) is 13.6. The molecule has 3 rings (SSSR count). The lowest BCUT2D eigenvalue weighted by Crippen LogP contribution is -2.29. The molecular weight excluding hydrogens is 382 g/mol. The van der Waals surface area contributed by atoms with E-state index in [4.69, 9.17) is 11.6 Å². The van der Waals surface area contributed by atoms with Gasteiger partial charge in [-0.3, -0.25) is 4.55 Å². The molecular formula is C17H18ClNO6S. The van der Waals surface area contributed by atoms with E-state index >= 15 is 0 Å². The van der Waals surface area contributed by atoms with Gasteiger partial charge in [-0.2, -0.15) is 8.42 Å². The Hall–Kier alpha value is -2.00. The number of aromatic hydroxyl groups is 2. The Kier molecular flexibility index (Phi) is 5.03. The minimum atomic E-state index is -4.60. The summed E-state index contributed by atoms with van der Waals surface area (Å²) >= 11 is 6.21. The van der Waals surface area contributed by atoms with Gasteiger partial charge in [0.1, 0.15) is 5.25 Å². The van der Waals surface area contributed by atoms with Gasteiger partial charge in [-0.15, -0.1) is 0 Å². The fraction of sp³-hybridized carbons (Fsp3) is 0.294. The molecule has 7 nitrogen and oxygen atoms in total. The SMILES string of the molecule is O=S(=O)(O)C(C1=CNC=Cc2cc(O)c(O)cc21)C1=C(Cl)CC(O)CC1. The number of aliphatic hydroxyl groups excluding tert-OH is 1. The summed E-state index contributed by atoms with van der Waals surface area (Å²) in [5.74, 6) is -0.769. The van der Waals surface area contributed by atoms with Gasteiger partial charge in [0.15, 0.2) is 11.5 Å². The van der Waals surface area contributed by atoms with Gasteiger partial charge >= 0.3 is 0 Å². The average Bonchev–Trinajstić information content (AvgIpc) is 2.72. The number of fused-ring (bicyclic) bond motifs is 1. The Morgan fingerprint density at radius 3 is 2.58 bits per heavy atom. The van der Waals surface area contributed by atoms with Gasteiger partial charge in [0.25, 0.3) is 10.1 Å². The molecule has 0 bridgehead atoms. The predicted octanol–water partition coefficient (Wildman–Crippen LogP) is 2.31. The number of nitrogens with one attached hydrogen (secondary N) is 1. The van der Waals surface area contributed by atoms with E-state index in [9.17, 15) is 28.3 Å². The van der Waals surface area contributed by atoms with Crippen molar-refractivity contribution in [2.75, 3.05) is 0 Å². The summed E-state index contributed by atoms with van der Waals surface area (Å²) in [7, 11) is -4.60. The lowest BCUT2D eigenvalue weighted by Gasteiger charge is -2.27. The topological polar surface area (TPSA) is 127 Å². The molecule has 0 spiro atoms. The van der Waals surface area contributed by atoms with E-state index in [1.54, 1.807) is 6.08 Å². The van der Waals surface area contributed by atoms with Gasteiger partial charge in [0, 0.05) is 29.4 Å². The van der Waals surface area contributed by atoms with Gasteiger partial charge < -0.3 is 20.6 Å². The maximum atomic E-state index is 12.2. The van der Waals surface area contributed by atoms with Crippen LogP contribution in [0.15, 0.2) is 35.1 Å². The molecule has 1 aliphatic heterocycles. The van der Waals surface area contributed by atoms with Gasteiger partial charge in [-0.1, -0.05) is 11.6 Å². The number of halogens is 1. The zero-order valence-corrected chi connectivity index (χ0v) is 15.1. The Morgan fingerprint density at radius 1 is 1.23 bits per heavy atom. The second-order valence-electron chi connectivity index (χ2n) is 6.25. The first-order chi connectivity index (χ1) is 12.2. The van der Waals surface area contributed by atoms with Crippen LogP contribution < -0.4 is 5.32 Å². The molecule has 1 heterocycles. The number of rotatable bonds is 3. The number of hydrogen-bond acceptors (Lipinski definition) is 6. The maximum absolute atomic E-state index is 12.2. The Bertz CT molecular complexity index is 935. The third-order valence-electron chi connectivity index (χ3n) is 4.46. The van der Waals surface area contributed by atoms with Crippen molar-refractivity contribution >= 4 is 33.4 Å². The molecule has 0 radical (unpaired) electrons. The summed E-state index contributed by atoms with van der Waals surface area (Å²) in [6, 6.07) is 2.53. The molecule has 26 heavy (non-hydrogen) atoms. The molecule has 1 aliphatic carbocycles. The first-order valence-corrected chi connectivity index (χ1v) is 9.77. The van der Waals surface area contributed by atoms with E-state index < -0.39 is 27.2 Å². The molecule has 0 aromatic heterocycles. The number of phenolic OH excluding ortho intramolecular Hbond substituents is 2. The standard InChI is InChI=1S/C17H18ClNO6S/c18-14-6-10(20)1-2-11(14)17(26(23,24)25)13-8-19-4-3-9-5-15(21)16(22)7-12(9)13/h3-5,7-8,10,17,19-22H,1-2,6H2,(H,23,24,25). The summed E-state index contributed by atoms with van der Waals surface area (Å²) in [4.78, 5) is 0. The van der Waals surface area contributed by atoms with Crippen LogP contribution in [0.5, 0.6) is 11.5 Å². The summed E-state index contributed by atoms with van der Waals surface area (Å²) < 4.78 is 34.4. The predicted molar refractivity (Wildman–Crippen MR) is 98.0 cm³/mol. The second-order valence-corrected chi connectivity index (χ2v) is 8.21. The molecule has 1 aromatic carbocycles. The van der Waals surface area contributed by atoms with Gasteiger partial charge in [-0.05, 0) is 47.8 Å².